The molecule has 3 rings (SSSR count). The van der Waals surface area contributed by atoms with Gasteiger partial charge < -0.3 is 10.1 Å². The smallest absolute Gasteiger partial charge is 0.226 e. The van der Waals surface area contributed by atoms with Crippen molar-refractivity contribution in [1.29, 1.82) is 0 Å². The number of halogens is 1. The predicted molar refractivity (Wildman–Crippen MR) is 83.1 cm³/mol. The Bertz CT molecular complexity index is 686. The first-order valence-electron chi connectivity index (χ1n) is 7.77. The van der Waals surface area contributed by atoms with Crippen LogP contribution in [0.5, 0.6) is 0 Å². The highest BCUT2D eigenvalue weighted by molar-refractivity contribution is 5.79. The second kappa shape index (κ2) is 6.91. The number of aromatic nitrogens is 2. The predicted octanol–water partition coefficient (Wildman–Crippen LogP) is 2.00. The van der Waals surface area contributed by atoms with Gasteiger partial charge in [-0.1, -0.05) is 18.2 Å². The van der Waals surface area contributed by atoms with E-state index in [2.05, 4.69) is 10.4 Å². The van der Waals surface area contributed by atoms with Crippen LogP contribution in [0.1, 0.15) is 23.8 Å². The van der Waals surface area contributed by atoms with Crippen LogP contribution in [0.15, 0.2) is 36.5 Å². The average molecular weight is 317 g/mol. The molecule has 1 aliphatic rings. The van der Waals surface area contributed by atoms with Crippen molar-refractivity contribution in [2.75, 3.05) is 13.2 Å². The van der Waals surface area contributed by atoms with Crippen molar-refractivity contribution < 1.29 is 13.9 Å². The molecule has 122 valence electrons. The van der Waals surface area contributed by atoms with Gasteiger partial charge in [-0.3, -0.25) is 9.48 Å². The lowest BCUT2D eigenvalue weighted by Crippen LogP contribution is -2.34. The normalized spacial score (nSPS) is 20.6. The van der Waals surface area contributed by atoms with Crippen molar-refractivity contribution in [3.8, 4) is 0 Å². The van der Waals surface area contributed by atoms with Gasteiger partial charge in [-0.15, -0.1) is 0 Å². The van der Waals surface area contributed by atoms with Crippen molar-refractivity contribution in [2.24, 2.45) is 13.0 Å². The fourth-order valence-electron chi connectivity index (χ4n) is 2.97. The maximum absolute atomic E-state index is 13.6. The van der Waals surface area contributed by atoms with Crippen molar-refractivity contribution in [3.05, 3.63) is 53.6 Å². The third-order valence-electron chi connectivity index (χ3n) is 4.23. The number of hydrogen-bond donors (Lipinski definition) is 1. The molecule has 1 amide bonds. The molecule has 1 N–H and O–H groups in total. The summed E-state index contributed by atoms with van der Waals surface area (Å²) in [5.41, 5.74) is 1.51. The lowest BCUT2D eigenvalue weighted by molar-refractivity contribution is -0.126. The maximum atomic E-state index is 13.6. The van der Waals surface area contributed by atoms with E-state index >= 15 is 0 Å². The summed E-state index contributed by atoms with van der Waals surface area (Å²) in [5, 5.41) is 7.03. The largest absolute Gasteiger partial charge is 0.371 e. The van der Waals surface area contributed by atoms with Crippen LogP contribution in [0.3, 0.4) is 0 Å². The summed E-state index contributed by atoms with van der Waals surface area (Å²) in [6.45, 7) is 0.968. The van der Waals surface area contributed by atoms with Gasteiger partial charge in [-0.2, -0.15) is 5.10 Å². The number of carbonyl (C=O) groups is 1. The second-order valence-corrected chi connectivity index (χ2v) is 5.70. The van der Waals surface area contributed by atoms with E-state index < -0.39 is 0 Å². The lowest BCUT2D eigenvalue weighted by atomic mass is 9.98. The Morgan fingerprint density at radius 2 is 2.26 bits per heavy atom. The van der Waals surface area contributed by atoms with Gasteiger partial charge in [0.05, 0.1) is 11.6 Å². The van der Waals surface area contributed by atoms with E-state index in [0.29, 0.717) is 31.6 Å². The Hall–Kier alpha value is -2.21. The molecule has 0 aliphatic carbocycles. The van der Waals surface area contributed by atoms with Gasteiger partial charge >= 0.3 is 0 Å². The molecule has 2 atom stereocenters. The minimum absolute atomic E-state index is 0.0509. The molecule has 0 radical (unpaired) electrons. The quantitative estimate of drug-likeness (QED) is 0.917. The topological polar surface area (TPSA) is 56.2 Å². The molecule has 0 bridgehead atoms. The van der Waals surface area contributed by atoms with Crippen LogP contribution in [0.4, 0.5) is 4.39 Å². The number of aryl methyl sites for hydroxylation is 1. The van der Waals surface area contributed by atoms with E-state index in [9.17, 15) is 9.18 Å². The summed E-state index contributed by atoms with van der Waals surface area (Å²) < 4.78 is 21.0. The molecule has 6 heteroatoms. The first-order valence-corrected chi connectivity index (χ1v) is 7.77. The Balaban J connectivity index is 1.57. The van der Waals surface area contributed by atoms with Crippen LogP contribution in [0, 0.1) is 11.7 Å². The van der Waals surface area contributed by atoms with Crippen LogP contribution in [-0.2, 0) is 23.0 Å². The zero-order chi connectivity index (χ0) is 16.2. The van der Waals surface area contributed by atoms with E-state index in [1.165, 1.54) is 6.07 Å². The minimum Gasteiger partial charge on any atom is -0.371 e. The van der Waals surface area contributed by atoms with Gasteiger partial charge in [0.25, 0.3) is 0 Å². The molecule has 23 heavy (non-hydrogen) atoms. The molecule has 2 heterocycles. The van der Waals surface area contributed by atoms with Crippen LogP contribution < -0.4 is 5.32 Å². The van der Waals surface area contributed by atoms with Crippen LogP contribution in [0.25, 0.3) is 0 Å². The highest BCUT2D eigenvalue weighted by Gasteiger charge is 2.36. The minimum atomic E-state index is -0.268. The number of nitrogens with zero attached hydrogens (tertiary/aromatic N) is 2. The molecular formula is C17H20FN3O2. The maximum Gasteiger partial charge on any atom is 0.226 e. The van der Waals surface area contributed by atoms with Gasteiger partial charge in [0, 0.05) is 26.4 Å². The number of carbonyl (C=O) groups excluding carboxylic acids is 1. The number of benzene rings is 1. The number of hydrogen-bond acceptors (Lipinski definition) is 3. The van der Waals surface area contributed by atoms with Crippen LogP contribution >= 0.6 is 0 Å². The van der Waals surface area contributed by atoms with Gasteiger partial charge in [0.15, 0.2) is 0 Å². The highest BCUT2D eigenvalue weighted by atomic mass is 19.1. The average Bonchev–Trinajstić information content (AvgIpc) is 3.17. The van der Waals surface area contributed by atoms with E-state index in [1.807, 2.05) is 13.1 Å². The van der Waals surface area contributed by atoms with Crippen molar-refractivity contribution in [3.63, 3.8) is 0 Å². The van der Waals surface area contributed by atoms with Crippen LogP contribution in [0.2, 0.25) is 0 Å². The van der Waals surface area contributed by atoms with Gasteiger partial charge in [0.2, 0.25) is 5.91 Å². The molecule has 2 aromatic rings. The summed E-state index contributed by atoms with van der Waals surface area (Å²) in [6.07, 6.45) is 2.59. The molecule has 0 unspecified atom stereocenters. The fourth-order valence-corrected chi connectivity index (χ4v) is 2.97. The Kier molecular flexibility index (Phi) is 4.71. The Labute approximate surface area is 134 Å². The van der Waals surface area contributed by atoms with Crippen molar-refractivity contribution >= 4 is 5.91 Å². The monoisotopic (exact) mass is 317 g/mol. The summed E-state index contributed by atoms with van der Waals surface area (Å²) in [4.78, 5) is 12.4. The van der Waals surface area contributed by atoms with Crippen molar-refractivity contribution in [2.45, 2.75) is 18.9 Å². The zero-order valence-corrected chi connectivity index (χ0v) is 13.0. The van der Waals surface area contributed by atoms with Crippen LogP contribution in [-0.4, -0.2) is 28.8 Å². The molecule has 1 aliphatic heterocycles. The van der Waals surface area contributed by atoms with E-state index in [0.717, 1.165) is 5.69 Å². The van der Waals surface area contributed by atoms with Gasteiger partial charge in [-0.25, -0.2) is 4.39 Å². The Morgan fingerprint density at radius 1 is 1.43 bits per heavy atom. The number of nitrogens with one attached hydrogen (secondary N) is 1. The SMILES string of the molecule is Cn1nccc1[C@@H]1OCC[C@H]1C(=O)NCCc1ccccc1F. The summed E-state index contributed by atoms with van der Waals surface area (Å²) in [5.74, 6) is -0.519. The first-order chi connectivity index (χ1) is 11.2. The molecule has 0 saturated carbocycles. The van der Waals surface area contributed by atoms with E-state index in [4.69, 9.17) is 4.74 Å². The third-order valence-corrected chi connectivity index (χ3v) is 4.23. The molecule has 1 aromatic carbocycles. The first kappa shape index (κ1) is 15.7. The highest BCUT2D eigenvalue weighted by Crippen LogP contribution is 2.34. The summed E-state index contributed by atoms with van der Waals surface area (Å²) in [6, 6.07) is 8.49. The summed E-state index contributed by atoms with van der Waals surface area (Å²) in [7, 11) is 1.84. The summed E-state index contributed by atoms with van der Waals surface area (Å²) >= 11 is 0. The molecule has 1 fully saturated rings. The van der Waals surface area contributed by atoms with Gasteiger partial charge in [0.1, 0.15) is 11.9 Å². The molecular weight excluding hydrogens is 297 g/mol. The van der Waals surface area contributed by atoms with Gasteiger partial charge in [-0.05, 0) is 30.5 Å². The number of amides is 1. The standard InChI is InChI=1S/C17H20FN3O2/c1-21-15(7-10-20-21)16-13(8-11-23-16)17(22)19-9-6-12-4-2-3-5-14(12)18/h2-5,7,10,13,16H,6,8-9,11H2,1H3,(H,19,22)/t13-,16-/m1/s1. The molecule has 1 saturated heterocycles. The Morgan fingerprint density at radius 3 is 3.00 bits per heavy atom. The van der Waals surface area contributed by atoms with E-state index in [1.54, 1.807) is 29.1 Å². The molecule has 0 spiro atoms. The fraction of sp³-hybridized carbons (Fsp3) is 0.412. The zero-order valence-electron chi connectivity index (χ0n) is 13.0. The number of ether oxygens (including phenoxy) is 1. The third kappa shape index (κ3) is 3.42. The molecule has 5 nitrogen and oxygen atoms in total. The lowest BCUT2D eigenvalue weighted by Gasteiger charge is -2.18. The van der Waals surface area contributed by atoms with Crippen molar-refractivity contribution in [1.82, 2.24) is 15.1 Å². The second-order valence-electron chi connectivity index (χ2n) is 5.70. The van der Waals surface area contributed by atoms with E-state index in [-0.39, 0.29) is 23.7 Å². The molecule has 1 aromatic heterocycles. The number of rotatable bonds is 5.